The molecule has 16 heavy (non-hydrogen) atoms. The van der Waals surface area contributed by atoms with Crippen LogP contribution in [-0.4, -0.2) is 19.6 Å². The van der Waals surface area contributed by atoms with Crippen molar-refractivity contribution in [3.05, 3.63) is 23.8 Å². The zero-order chi connectivity index (χ0) is 11.0. The summed E-state index contributed by atoms with van der Waals surface area (Å²) in [5.74, 6) is 5.89. The van der Waals surface area contributed by atoms with Crippen molar-refractivity contribution in [3.63, 3.8) is 0 Å². The van der Waals surface area contributed by atoms with E-state index in [0.29, 0.717) is 0 Å². The van der Waals surface area contributed by atoms with Gasteiger partial charge in [-0.25, -0.2) is 5.84 Å². The molecule has 2 heterocycles. The number of benzene rings is 1. The maximum absolute atomic E-state index is 5.89. The van der Waals surface area contributed by atoms with Crippen molar-refractivity contribution in [1.29, 1.82) is 0 Å². The SMILES string of the molecule is NN1CCc2cc(N3CCCCC3)ccc21. The number of fused-ring (bicyclic) bond motifs is 1. The van der Waals surface area contributed by atoms with E-state index in [0.717, 1.165) is 13.0 Å². The van der Waals surface area contributed by atoms with Gasteiger partial charge in [-0.1, -0.05) is 0 Å². The van der Waals surface area contributed by atoms with Crippen LogP contribution in [0, 0.1) is 0 Å². The summed E-state index contributed by atoms with van der Waals surface area (Å²) < 4.78 is 0. The molecular weight excluding hydrogens is 198 g/mol. The summed E-state index contributed by atoms with van der Waals surface area (Å²) in [5.41, 5.74) is 4.00. The highest BCUT2D eigenvalue weighted by molar-refractivity contribution is 5.64. The van der Waals surface area contributed by atoms with E-state index in [2.05, 4.69) is 23.1 Å². The van der Waals surface area contributed by atoms with Gasteiger partial charge in [0.25, 0.3) is 0 Å². The van der Waals surface area contributed by atoms with Crippen molar-refractivity contribution < 1.29 is 0 Å². The number of hydrogen-bond donors (Lipinski definition) is 1. The molecule has 0 saturated carbocycles. The molecule has 0 aliphatic carbocycles. The molecule has 0 aromatic heterocycles. The van der Waals surface area contributed by atoms with Crippen molar-refractivity contribution in [1.82, 2.24) is 0 Å². The Morgan fingerprint density at radius 2 is 1.81 bits per heavy atom. The van der Waals surface area contributed by atoms with Crippen LogP contribution >= 0.6 is 0 Å². The molecule has 0 amide bonds. The largest absolute Gasteiger partial charge is 0.372 e. The fourth-order valence-electron chi connectivity index (χ4n) is 2.76. The molecule has 3 rings (SSSR count). The van der Waals surface area contributed by atoms with Crippen LogP contribution in [0.15, 0.2) is 18.2 Å². The number of piperidine rings is 1. The van der Waals surface area contributed by atoms with Crippen LogP contribution in [0.3, 0.4) is 0 Å². The van der Waals surface area contributed by atoms with Crippen LogP contribution in [0.1, 0.15) is 24.8 Å². The first-order chi connectivity index (χ1) is 7.84. The second-order valence-corrected chi connectivity index (χ2v) is 4.80. The number of anilines is 2. The lowest BCUT2D eigenvalue weighted by Crippen LogP contribution is -2.29. The average molecular weight is 217 g/mol. The number of hydrogen-bond acceptors (Lipinski definition) is 3. The standard InChI is InChI=1S/C13H19N3/c14-16-9-6-11-10-12(4-5-13(11)16)15-7-2-1-3-8-15/h4-5,10H,1-3,6-9,14H2. The smallest absolute Gasteiger partial charge is 0.0551 e. The zero-order valence-corrected chi connectivity index (χ0v) is 9.65. The third-order valence-corrected chi connectivity index (χ3v) is 3.72. The van der Waals surface area contributed by atoms with E-state index in [1.807, 2.05) is 5.01 Å². The van der Waals surface area contributed by atoms with Crippen LogP contribution in [0.4, 0.5) is 11.4 Å². The Balaban J connectivity index is 1.86. The normalized spacial score (nSPS) is 20.1. The van der Waals surface area contributed by atoms with E-state index in [1.165, 1.54) is 49.3 Å². The first-order valence-corrected chi connectivity index (χ1v) is 6.25. The Morgan fingerprint density at radius 1 is 1.00 bits per heavy atom. The lowest BCUT2D eigenvalue weighted by atomic mass is 10.1. The van der Waals surface area contributed by atoms with Gasteiger partial charge in [0, 0.05) is 25.3 Å². The Bertz CT molecular complexity index is 383. The monoisotopic (exact) mass is 217 g/mol. The molecule has 3 heteroatoms. The van der Waals surface area contributed by atoms with Crippen molar-refractivity contribution >= 4 is 11.4 Å². The summed E-state index contributed by atoms with van der Waals surface area (Å²) in [6.07, 6.45) is 5.14. The van der Waals surface area contributed by atoms with E-state index >= 15 is 0 Å². The molecule has 3 nitrogen and oxygen atoms in total. The molecule has 0 bridgehead atoms. The van der Waals surface area contributed by atoms with E-state index in [1.54, 1.807) is 0 Å². The van der Waals surface area contributed by atoms with Crippen molar-refractivity contribution in [2.75, 3.05) is 29.5 Å². The van der Waals surface area contributed by atoms with Crippen LogP contribution < -0.4 is 15.8 Å². The van der Waals surface area contributed by atoms with Gasteiger partial charge in [-0.2, -0.15) is 0 Å². The lowest BCUT2D eigenvalue weighted by molar-refractivity contribution is 0.578. The predicted molar refractivity (Wildman–Crippen MR) is 67.7 cm³/mol. The highest BCUT2D eigenvalue weighted by Gasteiger charge is 2.18. The molecule has 1 fully saturated rings. The maximum Gasteiger partial charge on any atom is 0.0551 e. The van der Waals surface area contributed by atoms with E-state index in [-0.39, 0.29) is 0 Å². The minimum absolute atomic E-state index is 0.957. The topological polar surface area (TPSA) is 32.5 Å². The minimum Gasteiger partial charge on any atom is -0.372 e. The maximum atomic E-state index is 5.89. The van der Waals surface area contributed by atoms with Crippen LogP contribution in [0.5, 0.6) is 0 Å². The summed E-state index contributed by atoms with van der Waals surface area (Å²) in [6, 6.07) is 6.72. The highest BCUT2D eigenvalue weighted by Crippen LogP contribution is 2.30. The van der Waals surface area contributed by atoms with Gasteiger partial charge in [0.1, 0.15) is 0 Å². The molecule has 2 N–H and O–H groups in total. The van der Waals surface area contributed by atoms with Crippen molar-refractivity contribution in [2.24, 2.45) is 5.84 Å². The summed E-state index contributed by atoms with van der Waals surface area (Å²) in [5, 5.41) is 1.86. The fourth-order valence-corrected chi connectivity index (χ4v) is 2.76. The fraction of sp³-hybridized carbons (Fsp3) is 0.538. The van der Waals surface area contributed by atoms with Gasteiger partial charge in [0.15, 0.2) is 0 Å². The van der Waals surface area contributed by atoms with Crippen molar-refractivity contribution in [3.8, 4) is 0 Å². The van der Waals surface area contributed by atoms with Crippen LogP contribution in [0.2, 0.25) is 0 Å². The van der Waals surface area contributed by atoms with E-state index in [9.17, 15) is 0 Å². The molecule has 0 unspecified atom stereocenters. The van der Waals surface area contributed by atoms with E-state index in [4.69, 9.17) is 5.84 Å². The molecule has 1 aromatic rings. The quantitative estimate of drug-likeness (QED) is 0.729. The first-order valence-electron chi connectivity index (χ1n) is 6.25. The molecule has 0 spiro atoms. The summed E-state index contributed by atoms with van der Waals surface area (Å²) in [7, 11) is 0. The molecule has 1 saturated heterocycles. The summed E-state index contributed by atoms with van der Waals surface area (Å²) in [6.45, 7) is 3.38. The van der Waals surface area contributed by atoms with Crippen molar-refractivity contribution in [2.45, 2.75) is 25.7 Å². The van der Waals surface area contributed by atoms with Crippen LogP contribution in [0.25, 0.3) is 0 Å². The molecule has 2 aliphatic rings. The highest BCUT2D eigenvalue weighted by atomic mass is 15.4. The summed E-state index contributed by atoms with van der Waals surface area (Å²) >= 11 is 0. The van der Waals surface area contributed by atoms with Gasteiger partial charge in [-0.3, -0.25) is 0 Å². The van der Waals surface area contributed by atoms with Crippen LogP contribution in [-0.2, 0) is 6.42 Å². The van der Waals surface area contributed by atoms with Gasteiger partial charge in [-0.05, 0) is 49.4 Å². The van der Waals surface area contributed by atoms with E-state index < -0.39 is 0 Å². The third kappa shape index (κ3) is 1.65. The number of hydrazine groups is 1. The molecule has 2 aliphatic heterocycles. The van der Waals surface area contributed by atoms with Gasteiger partial charge in [-0.15, -0.1) is 0 Å². The Hall–Kier alpha value is -1.22. The van der Waals surface area contributed by atoms with Gasteiger partial charge in [0.05, 0.1) is 5.69 Å². The molecule has 1 aromatic carbocycles. The van der Waals surface area contributed by atoms with Gasteiger partial charge >= 0.3 is 0 Å². The predicted octanol–water partition coefficient (Wildman–Crippen LogP) is 1.91. The molecular formula is C13H19N3. The number of rotatable bonds is 1. The first kappa shape index (κ1) is 9.97. The Kier molecular flexibility index (Phi) is 2.48. The lowest BCUT2D eigenvalue weighted by Gasteiger charge is -2.29. The Morgan fingerprint density at radius 3 is 2.62 bits per heavy atom. The summed E-state index contributed by atoms with van der Waals surface area (Å²) in [4.78, 5) is 2.50. The second kappa shape index (κ2) is 3.98. The minimum atomic E-state index is 0.957. The second-order valence-electron chi connectivity index (χ2n) is 4.80. The number of nitrogens with two attached hydrogens (primary N) is 1. The molecule has 0 atom stereocenters. The third-order valence-electron chi connectivity index (χ3n) is 3.72. The van der Waals surface area contributed by atoms with Gasteiger partial charge in [0.2, 0.25) is 0 Å². The molecule has 0 radical (unpaired) electrons. The van der Waals surface area contributed by atoms with Gasteiger partial charge < -0.3 is 9.91 Å². The number of nitrogens with zero attached hydrogens (tertiary/aromatic N) is 2. The Labute approximate surface area is 96.8 Å². The zero-order valence-electron chi connectivity index (χ0n) is 9.65. The average Bonchev–Trinajstić information content (AvgIpc) is 2.72. The molecule has 86 valence electrons.